The molecule has 0 spiro atoms. The van der Waals surface area contributed by atoms with Gasteiger partial charge in [0.25, 0.3) is 5.91 Å². The molecule has 0 aromatic heterocycles. The summed E-state index contributed by atoms with van der Waals surface area (Å²) in [4.78, 5) is 23.0. The van der Waals surface area contributed by atoms with Crippen LogP contribution in [-0.2, 0) is 4.79 Å². The van der Waals surface area contributed by atoms with Gasteiger partial charge >= 0.3 is 6.03 Å². The Balaban J connectivity index is 2.46. The summed E-state index contributed by atoms with van der Waals surface area (Å²) < 4.78 is 5.21. The van der Waals surface area contributed by atoms with Crippen LogP contribution in [0, 0.1) is 0 Å². The van der Waals surface area contributed by atoms with Crippen molar-refractivity contribution in [1.82, 2.24) is 10.6 Å². The van der Waals surface area contributed by atoms with E-state index in [-0.39, 0.29) is 18.4 Å². The van der Waals surface area contributed by atoms with E-state index in [4.69, 9.17) is 27.9 Å². The number of imide groups is 1. The van der Waals surface area contributed by atoms with Gasteiger partial charge in [-0.2, -0.15) is 0 Å². The van der Waals surface area contributed by atoms with E-state index in [1.807, 2.05) is 13.8 Å². The highest BCUT2D eigenvalue weighted by atomic mass is 35.5. The molecule has 3 amide bonds. The summed E-state index contributed by atoms with van der Waals surface area (Å²) in [6, 6.07) is 4.28. The van der Waals surface area contributed by atoms with Crippen LogP contribution in [0.1, 0.15) is 20.3 Å². The predicted octanol–water partition coefficient (Wildman–Crippen LogP) is 3.00. The number of hydrogen-bond acceptors (Lipinski definition) is 3. The van der Waals surface area contributed by atoms with Crippen LogP contribution >= 0.6 is 23.2 Å². The van der Waals surface area contributed by atoms with Gasteiger partial charge in [-0.05, 0) is 25.5 Å². The maximum Gasteiger partial charge on any atom is 0.321 e. The van der Waals surface area contributed by atoms with Crippen LogP contribution in [0.15, 0.2) is 18.2 Å². The molecule has 0 heterocycles. The first-order valence-corrected chi connectivity index (χ1v) is 6.86. The van der Waals surface area contributed by atoms with E-state index in [2.05, 4.69) is 10.6 Å². The molecule has 0 saturated heterocycles. The van der Waals surface area contributed by atoms with Gasteiger partial charge < -0.3 is 10.1 Å². The van der Waals surface area contributed by atoms with Gasteiger partial charge in [0, 0.05) is 6.04 Å². The minimum absolute atomic E-state index is 0.0123. The Kier molecular flexibility index (Phi) is 6.61. The molecule has 0 aliphatic heterocycles. The summed E-state index contributed by atoms with van der Waals surface area (Å²) in [5, 5.41) is 5.36. The van der Waals surface area contributed by atoms with Gasteiger partial charge in [-0.1, -0.05) is 36.2 Å². The van der Waals surface area contributed by atoms with Crippen molar-refractivity contribution in [1.29, 1.82) is 0 Å². The lowest BCUT2D eigenvalue weighted by atomic mass is 10.3. The molecule has 0 fully saturated rings. The van der Waals surface area contributed by atoms with Gasteiger partial charge in [-0.25, -0.2) is 4.79 Å². The molecule has 0 bridgehead atoms. The molecule has 20 heavy (non-hydrogen) atoms. The van der Waals surface area contributed by atoms with Crippen LogP contribution in [0.4, 0.5) is 4.79 Å². The van der Waals surface area contributed by atoms with Crippen LogP contribution < -0.4 is 15.4 Å². The SMILES string of the molecule is CC[C@H](C)NC(=O)NC(=O)COc1c(Cl)cccc1Cl. The van der Waals surface area contributed by atoms with Crippen LogP contribution in [0.5, 0.6) is 5.75 Å². The number of hydrogen-bond donors (Lipinski definition) is 2. The lowest BCUT2D eigenvalue weighted by Crippen LogP contribution is -2.44. The average Bonchev–Trinajstić information content (AvgIpc) is 2.37. The number of urea groups is 1. The van der Waals surface area contributed by atoms with Crippen LogP contribution in [0.25, 0.3) is 0 Å². The van der Waals surface area contributed by atoms with Gasteiger partial charge in [0.15, 0.2) is 12.4 Å². The lowest BCUT2D eigenvalue weighted by molar-refractivity contribution is -0.122. The molecule has 7 heteroatoms. The first-order chi connectivity index (χ1) is 9.43. The van der Waals surface area contributed by atoms with Crippen molar-refractivity contribution < 1.29 is 14.3 Å². The van der Waals surface area contributed by atoms with Gasteiger partial charge in [0.05, 0.1) is 10.0 Å². The van der Waals surface area contributed by atoms with Crippen molar-refractivity contribution in [2.45, 2.75) is 26.3 Å². The molecular weight excluding hydrogens is 303 g/mol. The third kappa shape index (κ3) is 5.27. The fraction of sp³-hybridized carbons (Fsp3) is 0.385. The highest BCUT2D eigenvalue weighted by molar-refractivity contribution is 6.37. The number of carbonyl (C=O) groups excluding carboxylic acids is 2. The third-order valence-corrected chi connectivity index (χ3v) is 3.10. The van der Waals surface area contributed by atoms with Gasteiger partial charge in [0.2, 0.25) is 0 Å². The van der Waals surface area contributed by atoms with Gasteiger partial charge in [-0.3, -0.25) is 10.1 Å². The van der Waals surface area contributed by atoms with E-state index in [0.717, 1.165) is 6.42 Å². The predicted molar refractivity (Wildman–Crippen MR) is 78.4 cm³/mol. The number of ether oxygens (including phenoxy) is 1. The standard InChI is InChI=1S/C13H16Cl2N2O3/c1-3-8(2)16-13(19)17-11(18)7-20-12-9(14)5-4-6-10(12)15/h4-6,8H,3,7H2,1-2H3,(H2,16,17,18,19)/t8-/m0/s1. The summed E-state index contributed by atoms with van der Waals surface area (Å²) in [5.41, 5.74) is 0. The monoisotopic (exact) mass is 318 g/mol. The summed E-state index contributed by atoms with van der Waals surface area (Å²) in [5.74, 6) is -0.366. The fourth-order valence-electron chi connectivity index (χ4n) is 1.28. The fourth-order valence-corrected chi connectivity index (χ4v) is 1.79. The van der Waals surface area contributed by atoms with Gasteiger partial charge in [0.1, 0.15) is 0 Å². The van der Waals surface area contributed by atoms with Crippen LogP contribution in [0.3, 0.4) is 0 Å². The Morgan fingerprint density at radius 1 is 1.30 bits per heavy atom. The average molecular weight is 319 g/mol. The van der Waals surface area contributed by atoms with Crippen LogP contribution in [-0.4, -0.2) is 24.6 Å². The first-order valence-electron chi connectivity index (χ1n) is 6.11. The summed E-state index contributed by atoms with van der Waals surface area (Å²) >= 11 is 11.8. The summed E-state index contributed by atoms with van der Waals surface area (Å²) in [7, 11) is 0. The highest BCUT2D eigenvalue weighted by Crippen LogP contribution is 2.32. The maximum atomic E-state index is 11.5. The zero-order chi connectivity index (χ0) is 15.1. The highest BCUT2D eigenvalue weighted by Gasteiger charge is 2.12. The Labute approximate surface area is 127 Å². The number of halogens is 2. The van der Waals surface area contributed by atoms with Crippen molar-refractivity contribution in [3.63, 3.8) is 0 Å². The van der Waals surface area contributed by atoms with Crippen molar-refractivity contribution >= 4 is 35.1 Å². The minimum atomic E-state index is -0.582. The smallest absolute Gasteiger partial charge is 0.321 e. The molecular formula is C13H16Cl2N2O3. The van der Waals surface area contributed by atoms with Crippen molar-refractivity contribution in [2.24, 2.45) is 0 Å². The molecule has 5 nitrogen and oxygen atoms in total. The number of para-hydroxylation sites is 1. The first kappa shape index (κ1) is 16.6. The molecule has 110 valence electrons. The topological polar surface area (TPSA) is 67.4 Å². The van der Waals surface area contributed by atoms with Crippen molar-refractivity contribution in [3.05, 3.63) is 28.2 Å². The number of benzene rings is 1. The van der Waals surface area contributed by atoms with Crippen molar-refractivity contribution in [2.75, 3.05) is 6.61 Å². The molecule has 0 unspecified atom stereocenters. The van der Waals surface area contributed by atoms with E-state index in [1.165, 1.54) is 0 Å². The van der Waals surface area contributed by atoms with Gasteiger partial charge in [-0.15, -0.1) is 0 Å². The number of amides is 3. The molecule has 1 atom stereocenters. The normalized spacial score (nSPS) is 11.6. The molecule has 2 N–H and O–H groups in total. The number of rotatable bonds is 5. The minimum Gasteiger partial charge on any atom is -0.481 e. The second-order valence-corrected chi connectivity index (χ2v) is 4.98. The number of nitrogens with one attached hydrogen (secondary N) is 2. The van der Waals surface area contributed by atoms with E-state index in [0.29, 0.717) is 10.0 Å². The van der Waals surface area contributed by atoms with E-state index >= 15 is 0 Å². The molecule has 0 aliphatic rings. The van der Waals surface area contributed by atoms with Crippen LogP contribution in [0.2, 0.25) is 10.0 Å². The van der Waals surface area contributed by atoms with E-state index in [9.17, 15) is 9.59 Å². The second-order valence-electron chi connectivity index (χ2n) is 4.17. The van der Waals surface area contributed by atoms with E-state index in [1.54, 1.807) is 18.2 Å². The Morgan fingerprint density at radius 2 is 1.90 bits per heavy atom. The Morgan fingerprint density at radius 3 is 2.45 bits per heavy atom. The lowest BCUT2D eigenvalue weighted by Gasteiger charge is -2.12. The zero-order valence-electron chi connectivity index (χ0n) is 11.2. The van der Waals surface area contributed by atoms with Crippen molar-refractivity contribution in [3.8, 4) is 5.75 Å². The molecule has 1 aromatic rings. The molecule has 0 saturated carbocycles. The molecule has 1 rings (SSSR count). The second kappa shape index (κ2) is 7.97. The zero-order valence-corrected chi connectivity index (χ0v) is 12.7. The molecule has 1 aromatic carbocycles. The third-order valence-electron chi connectivity index (χ3n) is 2.51. The van der Waals surface area contributed by atoms with E-state index < -0.39 is 11.9 Å². The number of carbonyl (C=O) groups is 2. The summed E-state index contributed by atoms with van der Waals surface area (Å²) in [6.07, 6.45) is 0.771. The molecule has 0 aliphatic carbocycles. The maximum absolute atomic E-state index is 11.5. The summed E-state index contributed by atoms with van der Waals surface area (Å²) in [6.45, 7) is 3.41. The molecule has 0 radical (unpaired) electrons. The Hall–Kier alpha value is -1.46. The Bertz CT molecular complexity index is 474. The quantitative estimate of drug-likeness (QED) is 0.877. The largest absolute Gasteiger partial charge is 0.481 e.